The van der Waals surface area contributed by atoms with Crippen LogP contribution in [0.1, 0.15) is 42.9 Å². The monoisotopic (exact) mass is 252 g/mol. The Bertz CT molecular complexity index is 455. The number of rotatable bonds is 2. The van der Waals surface area contributed by atoms with E-state index in [0.29, 0.717) is 24.7 Å². The number of nitrogens with two attached hydrogens (primary N) is 1. The molecule has 0 spiro atoms. The lowest BCUT2D eigenvalue weighted by molar-refractivity contribution is 0.151. The summed E-state index contributed by atoms with van der Waals surface area (Å²) in [6.07, 6.45) is 4.75. The molecule has 18 heavy (non-hydrogen) atoms. The Morgan fingerprint density at radius 3 is 2.61 bits per heavy atom. The molecule has 4 heteroatoms. The van der Waals surface area contributed by atoms with Gasteiger partial charge in [-0.2, -0.15) is 0 Å². The molecule has 0 aromatic heterocycles. The zero-order valence-electron chi connectivity index (χ0n) is 10.3. The van der Waals surface area contributed by atoms with Gasteiger partial charge in [0.25, 0.3) is 0 Å². The van der Waals surface area contributed by atoms with Crippen LogP contribution in [0.15, 0.2) is 12.1 Å². The molecule has 0 saturated heterocycles. The van der Waals surface area contributed by atoms with Crippen molar-refractivity contribution < 1.29 is 8.78 Å². The molecule has 3 rings (SSSR count). The number of nitrogens with zero attached hydrogens (tertiary/aromatic N) is 1. The van der Waals surface area contributed by atoms with Crippen molar-refractivity contribution in [3.8, 4) is 0 Å². The molecule has 1 aromatic rings. The third-order valence-corrected chi connectivity index (χ3v) is 4.31. The molecule has 0 bridgehead atoms. The van der Waals surface area contributed by atoms with Crippen molar-refractivity contribution in [3.05, 3.63) is 34.9 Å². The van der Waals surface area contributed by atoms with Crippen molar-refractivity contribution in [1.29, 1.82) is 0 Å². The second-order valence-electron chi connectivity index (χ2n) is 5.32. The molecule has 2 nitrogen and oxygen atoms in total. The van der Waals surface area contributed by atoms with E-state index >= 15 is 0 Å². The van der Waals surface area contributed by atoms with Crippen LogP contribution in [-0.4, -0.2) is 17.5 Å². The van der Waals surface area contributed by atoms with E-state index in [4.69, 9.17) is 5.73 Å². The maximum atomic E-state index is 13.8. The van der Waals surface area contributed by atoms with Crippen molar-refractivity contribution in [2.45, 2.75) is 44.3 Å². The molecule has 1 aromatic carbocycles. The highest BCUT2D eigenvalue weighted by molar-refractivity contribution is 5.36. The van der Waals surface area contributed by atoms with Crippen LogP contribution in [0.2, 0.25) is 0 Å². The fourth-order valence-corrected chi connectivity index (χ4v) is 3.44. The van der Waals surface area contributed by atoms with Gasteiger partial charge >= 0.3 is 0 Å². The first kappa shape index (κ1) is 12.1. The average Bonchev–Trinajstić information content (AvgIpc) is 2.93. The topological polar surface area (TPSA) is 29.3 Å². The summed E-state index contributed by atoms with van der Waals surface area (Å²) in [5.74, 6) is -0.929. The Balaban J connectivity index is 1.96. The molecule has 1 atom stereocenters. The standard InChI is InChI=1S/C14H18F2N2/c15-9-5-11-12(13(16)6-9)8-18(14(11)7-17)10-3-1-2-4-10/h5-6,10,14H,1-4,7-8,17H2. The van der Waals surface area contributed by atoms with E-state index in [1.54, 1.807) is 0 Å². The maximum Gasteiger partial charge on any atom is 0.130 e. The lowest BCUT2D eigenvalue weighted by Crippen LogP contribution is -2.35. The van der Waals surface area contributed by atoms with Gasteiger partial charge in [-0.05, 0) is 24.5 Å². The minimum atomic E-state index is -0.502. The molecular formula is C14H18F2N2. The number of hydrogen-bond donors (Lipinski definition) is 1. The van der Waals surface area contributed by atoms with Crippen molar-refractivity contribution in [3.63, 3.8) is 0 Å². The van der Waals surface area contributed by atoms with Crippen LogP contribution >= 0.6 is 0 Å². The minimum absolute atomic E-state index is 0.0201. The fourth-order valence-electron chi connectivity index (χ4n) is 3.44. The predicted molar refractivity (Wildman–Crippen MR) is 66.0 cm³/mol. The second-order valence-corrected chi connectivity index (χ2v) is 5.32. The normalized spacial score (nSPS) is 24.7. The van der Waals surface area contributed by atoms with Crippen LogP contribution in [0.5, 0.6) is 0 Å². The highest BCUT2D eigenvalue weighted by Gasteiger charge is 2.36. The van der Waals surface area contributed by atoms with Gasteiger partial charge in [0, 0.05) is 36.8 Å². The van der Waals surface area contributed by atoms with Crippen molar-refractivity contribution in [2.24, 2.45) is 5.73 Å². The molecule has 0 amide bonds. The summed E-state index contributed by atoms with van der Waals surface area (Å²) in [5, 5.41) is 0. The highest BCUT2D eigenvalue weighted by atomic mass is 19.1. The van der Waals surface area contributed by atoms with Crippen molar-refractivity contribution >= 4 is 0 Å². The molecule has 1 aliphatic carbocycles. The van der Waals surface area contributed by atoms with Gasteiger partial charge in [0.1, 0.15) is 11.6 Å². The molecule has 1 heterocycles. The van der Waals surface area contributed by atoms with Crippen molar-refractivity contribution in [1.82, 2.24) is 4.90 Å². The Labute approximate surface area is 106 Å². The summed E-state index contributed by atoms with van der Waals surface area (Å²) in [4.78, 5) is 2.26. The Kier molecular flexibility index (Phi) is 3.08. The Morgan fingerprint density at radius 2 is 1.94 bits per heavy atom. The van der Waals surface area contributed by atoms with E-state index in [2.05, 4.69) is 4.90 Å². The van der Waals surface area contributed by atoms with Gasteiger partial charge in [-0.25, -0.2) is 8.78 Å². The van der Waals surface area contributed by atoms with Crippen LogP contribution in [-0.2, 0) is 6.54 Å². The molecular weight excluding hydrogens is 234 g/mol. The van der Waals surface area contributed by atoms with E-state index in [0.717, 1.165) is 24.5 Å². The zero-order valence-corrected chi connectivity index (χ0v) is 10.3. The van der Waals surface area contributed by atoms with Gasteiger partial charge in [-0.15, -0.1) is 0 Å². The average molecular weight is 252 g/mol. The number of fused-ring (bicyclic) bond motifs is 1. The SMILES string of the molecule is NCC1c2cc(F)cc(F)c2CN1C1CCCC1. The predicted octanol–water partition coefficient (Wildman–Crippen LogP) is 2.72. The third kappa shape index (κ3) is 1.84. The van der Waals surface area contributed by atoms with Gasteiger partial charge in [0.05, 0.1) is 0 Å². The Hall–Kier alpha value is -1.00. The van der Waals surface area contributed by atoms with Gasteiger partial charge in [0.15, 0.2) is 0 Å². The lowest BCUT2D eigenvalue weighted by Gasteiger charge is -2.29. The van der Waals surface area contributed by atoms with E-state index in [1.807, 2.05) is 0 Å². The Morgan fingerprint density at radius 1 is 1.22 bits per heavy atom. The molecule has 2 N–H and O–H groups in total. The summed E-state index contributed by atoms with van der Waals surface area (Å²) in [6.45, 7) is 1.00. The lowest BCUT2D eigenvalue weighted by atomic mass is 10.0. The first-order valence-electron chi connectivity index (χ1n) is 6.64. The fraction of sp³-hybridized carbons (Fsp3) is 0.571. The molecule has 2 aliphatic rings. The van der Waals surface area contributed by atoms with Crippen LogP contribution in [0.25, 0.3) is 0 Å². The smallest absolute Gasteiger partial charge is 0.130 e. The summed E-state index contributed by atoms with van der Waals surface area (Å²) < 4.78 is 27.2. The zero-order chi connectivity index (χ0) is 12.7. The first-order valence-corrected chi connectivity index (χ1v) is 6.64. The highest BCUT2D eigenvalue weighted by Crippen LogP contribution is 2.40. The maximum absolute atomic E-state index is 13.8. The number of halogens is 2. The van der Waals surface area contributed by atoms with E-state index < -0.39 is 11.6 Å². The quantitative estimate of drug-likeness (QED) is 0.877. The molecule has 1 aliphatic heterocycles. The van der Waals surface area contributed by atoms with Gasteiger partial charge < -0.3 is 5.73 Å². The molecule has 0 radical (unpaired) electrons. The van der Waals surface area contributed by atoms with E-state index in [-0.39, 0.29) is 6.04 Å². The molecule has 98 valence electrons. The van der Waals surface area contributed by atoms with Crippen LogP contribution < -0.4 is 5.73 Å². The third-order valence-electron chi connectivity index (χ3n) is 4.31. The van der Waals surface area contributed by atoms with Gasteiger partial charge in [-0.1, -0.05) is 12.8 Å². The van der Waals surface area contributed by atoms with Gasteiger partial charge in [0.2, 0.25) is 0 Å². The molecule has 1 saturated carbocycles. The number of hydrogen-bond acceptors (Lipinski definition) is 2. The summed E-state index contributed by atoms with van der Waals surface area (Å²) in [7, 11) is 0. The van der Waals surface area contributed by atoms with Crippen LogP contribution in [0.4, 0.5) is 8.78 Å². The van der Waals surface area contributed by atoms with E-state index in [9.17, 15) is 8.78 Å². The summed E-state index contributed by atoms with van der Waals surface area (Å²) in [6, 6.07) is 2.89. The van der Waals surface area contributed by atoms with Crippen LogP contribution in [0.3, 0.4) is 0 Å². The summed E-state index contributed by atoms with van der Waals surface area (Å²) >= 11 is 0. The second kappa shape index (κ2) is 4.59. The molecule has 1 unspecified atom stereocenters. The van der Waals surface area contributed by atoms with Crippen molar-refractivity contribution in [2.75, 3.05) is 6.54 Å². The minimum Gasteiger partial charge on any atom is -0.329 e. The summed E-state index contributed by atoms with van der Waals surface area (Å²) in [5.41, 5.74) is 7.21. The van der Waals surface area contributed by atoms with Gasteiger partial charge in [-0.3, -0.25) is 4.90 Å². The molecule has 1 fully saturated rings. The first-order chi connectivity index (χ1) is 8.70. The number of benzene rings is 1. The van der Waals surface area contributed by atoms with Crippen LogP contribution in [0, 0.1) is 11.6 Å². The van der Waals surface area contributed by atoms with E-state index in [1.165, 1.54) is 18.9 Å². The largest absolute Gasteiger partial charge is 0.329 e.